The number of ether oxygens (including phenoxy) is 1. The highest BCUT2D eigenvalue weighted by atomic mass is 32.2. The van der Waals surface area contributed by atoms with Gasteiger partial charge in [0.2, 0.25) is 0 Å². The third-order valence-corrected chi connectivity index (χ3v) is 5.91. The zero-order chi connectivity index (χ0) is 23.3. The second-order valence-electron chi connectivity index (χ2n) is 6.91. The van der Waals surface area contributed by atoms with Crippen molar-refractivity contribution in [2.75, 3.05) is 12.9 Å². The number of pyridine rings is 1. The maximum Gasteiger partial charge on any atom is 0.416 e. The van der Waals surface area contributed by atoms with Crippen LogP contribution < -0.4 is 10.5 Å². The highest BCUT2D eigenvalue weighted by Gasteiger charge is 2.32. The van der Waals surface area contributed by atoms with E-state index in [4.69, 9.17) is 15.9 Å². The number of amidine groups is 1. The highest BCUT2D eigenvalue weighted by molar-refractivity contribution is 7.90. The van der Waals surface area contributed by atoms with E-state index in [1.54, 1.807) is 6.92 Å². The quantitative estimate of drug-likeness (QED) is 0.450. The summed E-state index contributed by atoms with van der Waals surface area (Å²) in [4.78, 5) is 8.29. The third-order valence-electron chi connectivity index (χ3n) is 4.67. The van der Waals surface area contributed by atoms with Crippen LogP contribution in [0.2, 0.25) is 0 Å². The fraction of sp³-hybridized carbons (Fsp3) is 0.316. The van der Waals surface area contributed by atoms with Crippen molar-refractivity contribution in [3.05, 3.63) is 35.0 Å². The van der Waals surface area contributed by atoms with Gasteiger partial charge in [-0.05, 0) is 32.0 Å². The van der Waals surface area contributed by atoms with Crippen LogP contribution >= 0.6 is 0 Å². The van der Waals surface area contributed by atoms with E-state index >= 15 is 0 Å². The number of aromatic nitrogens is 3. The van der Waals surface area contributed by atoms with E-state index in [2.05, 4.69) is 9.97 Å². The number of sulfone groups is 1. The second kappa shape index (κ2) is 7.52. The number of imidazole rings is 1. The average Bonchev–Trinajstić information content (AvgIpc) is 2.97. The number of aryl methyl sites for hydroxylation is 1. The van der Waals surface area contributed by atoms with Gasteiger partial charge in [-0.3, -0.25) is 5.41 Å². The van der Waals surface area contributed by atoms with Crippen LogP contribution in [0.1, 0.15) is 23.7 Å². The van der Waals surface area contributed by atoms with Crippen molar-refractivity contribution in [3.8, 4) is 17.3 Å². The molecule has 3 rings (SSSR count). The number of hydrogen-bond acceptors (Lipinski definition) is 6. The Labute approximate surface area is 176 Å². The van der Waals surface area contributed by atoms with Gasteiger partial charge in [0.1, 0.15) is 22.1 Å². The lowest BCUT2D eigenvalue weighted by molar-refractivity contribution is -0.137. The van der Waals surface area contributed by atoms with E-state index in [-0.39, 0.29) is 45.5 Å². The number of hydrogen-bond donors (Lipinski definition) is 2. The minimum atomic E-state index is -4.56. The predicted molar refractivity (Wildman–Crippen MR) is 109 cm³/mol. The normalized spacial score (nSPS) is 12.4. The molecule has 31 heavy (non-hydrogen) atoms. The van der Waals surface area contributed by atoms with E-state index in [0.29, 0.717) is 5.52 Å². The Morgan fingerprint density at radius 3 is 2.45 bits per heavy atom. The number of benzene rings is 1. The molecule has 0 radical (unpaired) electrons. The zero-order valence-corrected chi connectivity index (χ0v) is 17.9. The molecule has 0 aliphatic heterocycles. The molecule has 166 valence electrons. The topological polar surface area (TPSA) is 124 Å². The van der Waals surface area contributed by atoms with E-state index in [9.17, 15) is 21.6 Å². The molecule has 1 aromatic carbocycles. The Kier molecular flexibility index (Phi) is 5.47. The molecule has 0 bridgehead atoms. The van der Waals surface area contributed by atoms with Crippen molar-refractivity contribution < 1.29 is 26.3 Å². The summed E-state index contributed by atoms with van der Waals surface area (Å²) < 4.78 is 71.5. The van der Waals surface area contributed by atoms with Crippen LogP contribution in [-0.4, -0.2) is 41.7 Å². The molecule has 2 heterocycles. The maximum atomic E-state index is 13.1. The van der Waals surface area contributed by atoms with Crippen molar-refractivity contribution in [3.63, 3.8) is 0 Å². The first-order chi connectivity index (χ1) is 14.3. The first-order valence-electron chi connectivity index (χ1n) is 9.03. The molecule has 0 fully saturated rings. The molecule has 0 atom stereocenters. The number of nitrogens with one attached hydrogen (secondary N) is 1. The Balaban J connectivity index is 2.42. The zero-order valence-electron chi connectivity index (χ0n) is 17.1. The van der Waals surface area contributed by atoms with Crippen LogP contribution in [0.5, 0.6) is 5.75 Å². The number of rotatable bonds is 5. The maximum absolute atomic E-state index is 13.1. The molecular formula is C19H20F3N5O3S. The summed E-state index contributed by atoms with van der Waals surface area (Å²) in [7, 11) is -2.34. The van der Waals surface area contributed by atoms with Crippen LogP contribution in [-0.2, 0) is 23.1 Å². The Bertz CT molecular complexity index is 1310. The van der Waals surface area contributed by atoms with Crippen LogP contribution in [0.4, 0.5) is 13.2 Å². The lowest BCUT2D eigenvalue weighted by Crippen LogP contribution is -2.19. The van der Waals surface area contributed by atoms with Crippen molar-refractivity contribution in [2.45, 2.75) is 24.9 Å². The minimum Gasteiger partial charge on any atom is -0.491 e. The van der Waals surface area contributed by atoms with Gasteiger partial charge in [0.05, 0.1) is 23.2 Å². The largest absolute Gasteiger partial charge is 0.491 e. The molecule has 0 spiro atoms. The molecule has 0 saturated heterocycles. The minimum absolute atomic E-state index is 0.0170. The Morgan fingerprint density at radius 2 is 1.94 bits per heavy atom. The summed E-state index contributed by atoms with van der Waals surface area (Å²) in [5.41, 5.74) is 5.10. The number of halogens is 3. The van der Waals surface area contributed by atoms with Crippen molar-refractivity contribution in [1.82, 2.24) is 14.5 Å². The molecule has 0 amide bonds. The molecule has 2 aromatic heterocycles. The summed E-state index contributed by atoms with van der Waals surface area (Å²) in [5.74, 6) is -0.383. The van der Waals surface area contributed by atoms with Crippen molar-refractivity contribution in [1.29, 1.82) is 5.41 Å². The lowest BCUT2D eigenvalue weighted by atomic mass is 10.1. The van der Waals surface area contributed by atoms with Crippen molar-refractivity contribution in [2.24, 2.45) is 12.8 Å². The van der Waals surface area contributed by atoms with Gasteiger partial charge in [-0.15, -0.1) is 0 Å². The molecule has 0 saturated carbocycles. The lowest BCUT2D eigenvalue weighted by Gasteiger charge is -2.17. The van der Waals surface area contributed by atoms with Gasteiger partial charge in [0, 0.05) is 18.9 Å². The number of nitrogens with zero attached hydrogens (tertiary/aromatic N) is 3. The first kappa shape index (κ1) is 22.5. The van der Waals surface area contributed by atoms with Gasteiger partial charge in [0.25, 0.3) is 0 Å². The van der Waals surface area contributed by atoms with Gasteiger partial charge < -0.3 is 15.0 Å². The molecule has 3 N–H and O–H groups in total. The van der Waals surface area contributed by atoms with Gasteiger partial charge in [-0.2, -0.15) is 13.2 Å². The molecule has 0 aliphatic carbocycles. The van der Waals surface area contributed by atoms with E-state index < -0.39 is 27.4 Å². The third kappa shape index (κ3) is 3.94. The van der Waals surface area contributed by atoms with Gasteiger partial charge >= 0.3 is 6.18 Å². The number of fused-ring (bicyclic) bond motifs is 1. The SMILES string of the molecule is CCOc1c(C(=N)N)nc(-c2nc3cc(C(F)(F)F)ccc3n2C)c(S(C)(=O)=O)c1C. The standard InChI is InChI=1S/C19H20F3N5O3S/c1-5-30-15-9(2)16(31(4,28)29)14(26-13(15)17(23)24)18-25-11-8-10(19(20,21)22)6-7-12(11)27(18)3/h6-8H,5H2,1-4H3,(H3,23,24). The first-order valence-corrected chi connectivity index (χ1v) is 10.9. The molecule has 12 heteroatoms. The number of alkyl halides is 3. The van der Waals surface area contributed by atoms with E-state index in [1.807, 2.05) is 0 Å². The van der Waals surface area contributed by atoms with Crippen molar-refractivity contribution >= 4 is 26.7 Å². The molecule has 8 nitrogen and oxygen atoms in total. The summed E-state index contributed by atoms with van der Waals surface area (Å²) >= 11 is 0. The average molecular weight is 455 g/mol. The molecular weight excluding hydrogens is 435 g/mol. The molecule has 0 aliphatic rings. The van der Waals surface area contributed by atoms with Gasteiger partial charge in [-0.25, -0.2) is 18.4 Å². The molecule has 3 aromatic rings. The fourth-order valence-electron chi connectivity index (χ4n) is 3.37. The molecule has 0 unspecified atom stereocenters. The van der Waals surface area contributed by atoms with E-state index in [0.717, 1.165) is 18.4 Å². The van der Waals surface area contributed by atoms with Gasteiger partial charge in [-0.1, -0.05) is 0 Å². The summed E-state index contributed by atoms with van der Waals surface area (Å²) in [6.07, 6.45) is -3.58. The Hall–Kier alpha value is -3.15. The summed E-state index contributed by atoms with van der Waals surface area (Å²) in [5, 5.41) is 7.83. The Morgan fingerprint density at radius 1 is 1.29 bits per heavy atom. The van der Waals surface area contributed by atoms with E-state index in [1.165, 1.54) is 24.6 Å². The van der Waals surface area contributed by atoms with Crippen LogP contribution in [0.3, 0.4) is 0 Å². The fourth-order valence-corrected chi connectivity index (χ4v) is 4.51. The number of nitrogens with two attached hydrogens (primary N) is 1. The number of nitrogen functional groups attached to an aromatic ring is 1. The van der Waals surface area contributed by atoms with Gasteiger partial charge in [0.15, 0.2) is 21.4 Å². The smallest absolute Gasteiger partial charge is 0.416 e. The summed E-state index contributed by atoms with van der Waals surface area (Å²) in [6, 6.07) is 3.05. The second-order valence-corrected chi connectivity index (χ2v) is 8.86. The predicted octanol–water partition coefficient (Wildman–Crippen LogP) is 3.05. The van der Waals surface area contributed by atoms with Crippen LogP contribution in [0.15, 0.2) is 23.1 Å². The monoisotopic (exact) mass is 455 g/mol. The summed E-state index contributed by atoms with van der Waals surface area (Å²) in [6.45, 7) is 3.35. The van der Waals surface area contributed by atoms with Crippen LogP contribution in [0.25, 0.3) is 22.6 Å². The van der Waals surface area contributed by atoms with Crippen LogP contribution in [0, 0.1) is 12.3 Å². The highest BCUT2D eigenvalue weighted by Crippen LogP contribution is 2.37.